The molecule has 0 radical (unpaired) electrons. The Balaban J connectivity index is 1.49. The van der Waals surface area contributed by atoms with Crippen molar-refractivity contribution in [1.29, 1.82) is 0 Å². The molecule has 1 N–H and O–H groups in total. The van der Waals surface area contributed by atoms with Crippen molar-refractivity contribution < 1.29 is 14.3 Å². The van der Waals surface area contributed by atoms with Crippen molar-refractivity contribution in [1.82, 2.24) is 4.90 Å². The summed E-state index contributed by atoms with van der Waals surface area (Å²) < 4.78 is 5.89. The first-order valence-corrected chi connectivity index (χ1v) is 9.46. The second-order valence-corrected chi connectivity index (χ2v) is 7.54. The minimum absolute atomic E-state index is 0.118. The normalized spacial score (nSPS) is 13.6. The van der Waals surface area contributed by atoms with E-state index in [4.69, 9.17) is 4.74 Å². The molecule has 1 fully saturated rings. The standard InChI is InChI=1S/C18H17BrN2O3S/c19-13-1-5-15(6-2-13)25-16-7-3-14(4-8-16)20-17(22)9-10-21-11-12-24-18(21)23/h1-8H,9-12H2,(H,20,22). The number of halogens is 1. The third-order valence-corrected chi connectivity index (χ3v) is 5.19. The van der Waals surface area contributed by atoms with E-state index in [0.717, 1.165) is 20.0 Å². The first kappa shape index (κ1) is 17.8. The molecule has 1 saturated heterocycles. The van der Waals surface area contributed by atoms with Gasteiger partial charge in [0, 0.05) is 32.9 Å². The van der Waals surface area contributed by atoms with E-state index in [0.29, 0.717) is 19.7 Å². The van der Waals surface area contributed by atoms with Crippen LogP contribution in [-0.4, -0.2) is 36.6 Å². The molecule has 0 spiro atoms. The molecule has 2 amide bonds. The third kappa shape index (κ3) is 5.24. The van der Waals surface area contributed by atoms with Crippen LogP contribution >= 0.6 is 27.7 Å². The van der Waals surface area contributed by atoms with Crippen LogP contribution in [0.15, 0.2) is 62.8 Å². The average Bonchev–Trinajstić information content (AvgIpc) is 3.02. The molecule has 130 valence electrons. The largest absolute Gasteiger partial charge is 0.448 e. The van der Waals surface area contributed by atoms with E-state index in [1.807, 2.05) is 48.5 Å². The number of hydrogen-bond acceptors (Lipinski definition) is 4. The van der Waals surface area contributed by atoms with Gasteiger partial charge in [-0.1, -0.05) is 27.7 Å². The van der Waals surface area contributed by atoms with E-state index in [2.05, 4.69) is 21.2 Å². The van der Waals surface area contributed by atoms with E-state index >= 15 is 0 Å². The molecule has 1 aliphatic heterocycles. The first-order valence-electron chi connectivity index (χ1n) is 7.85. The molecule has 0 unspecified atom stereocenters. The van der Waals surface area contributed by atoms with Crippen molar-refractivity contribution in [3.8, 4) is 0 Å². The quantitative estimate of drug-likeness (QED) is 0.752. The fourth-order valence-electron chi connectivity index (χ4n) is 2.33. The van der Waals surface area contributed by atoms with E-state index in [1.165, 1.54) is 4.90 Å². The molecule has 25 heavy (non-hydrogen) atoms. The predicted molar refractivity (Wildman–Crippen MR) is 101 cm³/mol. The van der Waals surface area contributed by atoms with Gasteiger partial charge in [-0.05, 0) is 48.5 Å². The van der Waals surface area contributed by atoms with Crippen molar-refractivity contribution in [3.05, 3.63) is 53.0 Å². The third-order valence-electron chi connectivity index (χ3n) is 3.64. The van der Waals surface area contributed by atoms with Gasteiger partial charge in [-0.2, -0.15) is 0 Å². The summed E-state index contributed by atoms with van der Waals surface area (Å²) in [7, 11) is 0. The molecule has 1 aliphatic rings. The lowest BCUT2D eigenvalue weighted by Crippen LogP contribution is -2.28. The molecule has 0 aromatic heterocycles. The van der Waals surface area contributed by atoms with Crippen molar-refractivity contribution >= 4 is 45.4 Å². The fraction of sp³-hybridized carbons (Fsp3) is 0.222. The van der Waals surface area contributed by atoms with Crippen molar-refractivity contribution in [2.45, 2.75) is 16.2 Å². The summed E-state index contributed by atoms with van der Waals surface area (Å²) in [4.78, 5) is 27.1. The molecule has 2 aromatic carbocycles. The van der Waals surface area contributed by atoms with Gasteiger partial charge in [0.2, 0.25) is 5.91 Å². The molecule has 0 bridgehead atoms. The number of amides is 2. The van der Waals surface area contributed by atoms with Crippen LogP contribution in [0.4, 0.5) is 10.5 Å². The van der Waals surface area contributed by atoms with Gasteiger partial charge in [0.15, 0.2) is 0 Å². The molecule has 0 atom stereocenters. The molecule has 0 saturated carbocycles. The van der Waals surface area contributed by atoms with Crippen LogP contribution in [0.25, 0.3) is 0 Å². The van der Waals surface area contributed by atoms with Crippen molar-refractivity contribution in [3.63, 3.8) is 0 Å². The Labute approximate surface area is 158 Å². The Morgan fingerprint density at radius 3 is 2.36 bits per heavy atom. The van der Waals surface area contributed by atoms with E-state index < -0.39 is 0 Å². The molecular formula is C18H17BrN2O3S. The monoisotopic (exact) mass is 420 g/mol. The number of carbonyl (C=O) groups excluding carboxylic acids is 2. The number of nitrogens with zero attached hydrogens (tertiary/aromatic N) is 1. The van der Waals surface area contributed by atoms with E-state index in [-0.39, 0.29) is 18.4 Å². The van der Waals surface area contributed by atoms with Crippen LogP contribution in [0, 0.1) is 0 Å². The van der Waals surface area contributed by atoms with E-state index in [9.17, 15) is 9.59 Å². The molecule has 2 aromatic rings. The van der Waals surface area contributed by atoms with E-state index in [1.54, 1.807) is 11.8 Å². The van der Waals surface area contributed by atoms with Crippen molar-refractivity contribution in [2.75, 3.05) is 25.0 Å². The maximum Gasteiger partial charge on any atom is 0.409 e. The highest BCUT2D eigenvalue weighted by molar-refractivity contribution is 9.10. The molecule has 1 heterocycles. The second kappa shape index (κ2) is 8.40. The maximum absolute atomic E-state index is 12.0. The number of cyclic esters (lactones) is 1. The number of hydrogen-bond donors (Lipinski definition) is 1. The second-order valence-electron chi connectivity index (χ2n) is 5.48. The summed E-state index contributed by atoms with van der Waals surface area (Å²) in [5.41, 5.74) is 0.745. The number of rotatable bonds is 6. The Kier molecular flexibility index (Phi) is 5.99. The Morgan fingerprint density at radius 2 is 1.76 bits per heavy atom. The van der Waals surface area contributed by atoms with Gasteiger partial charge in [0.1, 0.15) is 6.61 Å². The smallest absolute Gasteiger partial charge is 0.409 e. The number of ether oxygens (including phenoxy) is 1. The molecular weight excluding hydrogens is 404 g/mol. The summed E-state index contributed by atoms with van der Waals surface area (Å²) in [5, 5.41) is 2.85. The predicted octanol–water partition coefficient (Wildman–Crippen LogP) is 4.38. The number of benzene rings is 2. The zero-order chi connectivity index (χ0) is 17.6. The Morgan fingerprint density at radius 1 is 1.12 bits per heavy atom. The lowest BCUT2D eigenvalue weighted by atomic mass is 10.3. The van der Waals surface area contributed by atoms with Crippen LogP contribution in [-0.2, 0) is 9.53 Å². The first-order chi connectivity index (χ1) is 12.1. The molecule has 3 rings (SSSR count). The van der Waals surface area contributed by atoms with Gasteiger partial charge < -0.3 is 15.0 Å². The average molecular weight is 421 g/mol. The SMILES string of the molecule is O=C(CCN1CCOC1=O)Nc1ccc(Sc2ccc(Br)cc2)cc1. The van der Waals surface area contributed by atoms with Crippen LogP contribution in [0.2, 0.25) is 0 Å². The van der Waals surface area contributed by atoms with Crippen LogP contribution < -0.4 is 5.32 Å². The number of anilines is 1. The maximum atomic E-state index is 12.0. The minimum atomic E-state index is -0.345. The topological polar surface area (TPSA) is 58.6 Å². The lowest BCUT2D eigenvalue weighted by molar-refractivity contribution is -0.116. The molecule has 5 nitrogen and oxygen atoms in total. The summed E-state index contributed by atoms with van der Waals surface area (Å²) in [6.07, 6.45) is -0.0908. The van der Waals surface area contributed by atoms with Gasteiger partial charge in [0.25, 0.3) is 0 Å². The zero-order valence-corrected chi connectivity index (χ0v) is 15.8. The summed E-state index contributed by atoms with van der Waals surface area (Å²) in [6, 6.07) is 15.8. The van der Waals surface area contributed by atoms with Gasteiger partial charge >= 0.3 is 6.09 Å². The fourth-order valence-corrected chi connectivity index (χ4v) is 3.41. The van der Waals surface area contributed by atoms with Crippen LogP contribution in [0.1, 0.15) is 6.42 Å². The van der Waals surface area contributed by atoms with Crippen molar-refractivity contribution in [2.24, 2.45) is 0 Å². The number of carbonyl (C=O) groups is 2. The Bertz CT molecular complexity index is 750. The highest BCUT2D eigenvalue weighted by atomic mass is 79.9. The van der Waals surface area contributed by atoms with Crippen LogP contribution in [0.5, 0.6) is 0 Å². The summed E-state index contributed by atoms with van der Waals surface area (Å²) in [6.45, 7) is 1.33. The highest BCUT2D eigenvalue weighted by Crippen LogP contribution is 2.29. The number of nitrogens with one attached hydrogen (secondary N) is 1. The lowest BCUT2D eigenvalue weighted by Gasteiger charge is -2.12. The minimum Gasteiger partial charge on any atom is -0.448 e. The highest BCUT2D eigenvalue weighted by Gasteiger charge is 2.22. The van der Waals surface area contributed by atoms with Gasteiger partial charge in [-0.15, -0.1) is 0 Å². The molecule has 0 aliphatic carbocycles. The summed E-state index contributed by atoms with van der Waals surface area (Å²) >= 11 is 5.08. The Hall–Kier alpha value is -1.99. The van der Waals surface area contributed by atoms with Gasteiger partial charge in [0.05, 0.1) is 6.54 Å². The zero-order valence-electron chi connectivity index (χ0n) is 13.4. The summed E-state index contributed by atoms with van der Waals surface area (Å²) in [5.74, 6) is -0.118. The van der Waals surface area contributed by atoms with Gasteiger partial charge in [-0.25, -0.2) is 4.79 Å². The van der Waals surface area contributed by atoms with Gasteiger partial charge in [-0.3, -0.25) is 4.79 Å². The molecule has 7 heteroatoms. The van der Waals surface area contributed by atoms with Crippen LogP contribution in [0.3, 0.4) is 0 Å².